The number of sulfone groups is 1. The molecule has 0 radical (unpaired) electrons. The highest BCUT2D eigenvalue weighted by Gasteiger charge is 2.17. The van der Waals surface area contributed by atoms with Crippen molar-refractivity contribution in [2.75, 3.05) is 44.5 Å². The highest BCUT2D eigenvalue weighted by atomic mass is 32.2. The van der Waals surface area contributed by atoms with E-state index in [2.05, 4.69) is 4.74 Å². The molecule has 0 aromatic rings. The molecule has 0 aliphatic heterocycles. The lowest BCUT2D eigenvalue weighted by Gasteiger charge is -2.17. The number of hydrogen-bond acceptors (Lipinski definition) is 6. The predicted octanol–water partition coefficient (Wildman–Crippen LogP) is 1.43. The van der Waals surface area contributed by atoms with Crippen molar-refractivity contribution in [2.45, 2.75) is 34.1 Å². The van der Waals surface area contributed by atoms with Crippen LogP contribution in [0.25, 0.3) is 0 Å². The fraction of sp³-hybridized carbons (Fsp3) is 0.929. The molecule has 21 heavy (non-hydrogen) atoms. The van der Waals surface area contributed by atoms with E-state index in [1.54, 1.807) is 0 Å². The molecule has 0 bridgehead atoms. The molecule has 0 saturated carbocycles. The van der Waals surface area contributed by atoms with Gasteiger partial charge in [-0.25, -0.2) is 8.42 Å². The van der Waals surface area contributed by atoms with E-state index in [4.69, 9.17) is 9.47 Å². The molecule has 0 N–H and O–H groups in total. The molecule has 0 saturated heterocycles. The van der Waals surface area contributed by atoms with Gasteiger partial charge in [-0.1, -0.05) is 20.8 Å². The van der Waals surface area contributed by atoms with E-state index in [1.165, 1.54) is 6.92 Å². The molecule has 7 heteroatoms. The maximum absolute atomic E-state index is 11.8. The lowest BCUT2D eigenvalue weighted by atomic mass is 9.94. The van der Waals surface area contributed by atoms with Gasteiger partial charge in [0.2, 0.25) is 0 Å². The van der Waals surface area contributed by atoms with Gasteiger partial charge in [0.1, 0.15) is 6.61 Å². The molecule has 0 fully saturated rings. The van der Waals surface area contributed by atoms with Crippen molar-refractivity contribution in [1.82, 2.24) is 0 Å². The Bertz CT molecular complexity index is 383. The molecule has 0 amide bonds. The summed E-state index contributed by atoms with van der Waals surface area (Å²) in [5.41, 5.74) is 0.0176. The quantitative estimate of drug-likeness (QED) is 0.423. The van der Waals surface area contributed by atoms with E-state index in [1.807, 2.05) is 20.8 Å². The first-order valence-corrected chi connectivity index (χ1v) is 8.94. The molecule has 126 valence electrons. The standard InChI is InChI=1S/C14H28O6S/c1-13(15)20-9-8-18-6-7-19-10-12-21(16,17)11-5-14(2,3)4/h5-12H2,1-4H3. The first kappa shape index (κ1) is 20.3. The van der Waals surface area contributed by atoms with Crippen molar-refractivity contribution < 1.29 is 27.4 Å². The molecular formula is C14H28O6S. The van der Waals surface area contributed by atoms with Gasteiger partial charge in [-0.3, -0.25) is 4.79 Å². The van der Waals surface area contributed by atoms with Gasteiger partial charge in [0.25, 0.3) is 0 Å². The molecule has 0 aromatic carbocycles. The summed E-state index contributed by atoms with van der Waals surface area (Å²) in [5, 5.41) is 0. The minimum absolute atomic E-state index is 0.0176. The number of rotatable bonds is 11. The van der Waals surface area contributed by atoms with Crippen LogP contribution < -0.4 is 0 Å². The summed E-state index contributed by atoms with van der Waals surface area (Å²) in [6.07, 6.45) is 0.647. The zero-order valence-electron chi connectivity index (χ0n) is 13.5. The number of carbonyl (C=O) groups is 1. The maximum Gasteiger partial charge on any atom is 0.302 e. The van der Waals surface area contributed by atoms with E-state index in [9.17, 15) is 13.2 Å². The van der Waals surface area contributed by atoms with Crippen LogP contribution in [0.4, 0.5) is 0 Å². The van der Waals surface area contributed by atoms with Crippen molar-refractivity contribution in [1.29, 1.82) is 0 Å². The zero-order chi connectivity index (χ0) is 16.4. The Morgan fingerprint density at radius 2 is 1.43 bits per heavy atom. The number of carbonyl (C=O) groups excluding carboxylic acids is 1. The lowest BCUT2D eigenvalue weighted by Crippen LogP contribution is -2.20. The van der Waals surface area contributed by atoms with Gasteiger partial charge >= 0.3 is 5.97 Å². The summed E-state index contributed by atoms with van der Waals surface area (Å²) in [5.74, 6) is -0.106. The topological polar surface area (TPSA) is 78.9 Å². The monoisotopic (exact) mass is 324 g/mol. The molecule has 0 aromatic heterocycles. The summed E-state index contributed by atoms with van der Waals surface area (Å²) in [6, 6.07) is 0. The molecule has 0 atom stereocenters. The Balaban J connectivity index is 3.51. The van der Waals surface area contributed by atoms with Gasteiger partial charge in [-0.05, 0) is 11.8 Å². The average Bonchev–Trinajstić information content (AvgIpc) is 2.33. The largest absolute Gasteiger partial charge is 0.463 e. The molecule has 0 unspecified atom stereocenters. The van der Waals surface area contributed by atoms with Gasteiger partial charge in [-0.2, -0.15) is 0 Å². The summed E-state index contributed by atoms with van der Waals surface area (Å²) in [4.78, 5) is 10.5. The third kappa shape index (κ3) is 15.5. The molecule has 0 spiro atoms. The van der Waals surface area contributed by atoms with E-state index in [0.717, 1.165) is 0 Å². The van der Waals surface area contributed by atoms with Crippen LogP contribution in [-0.4, -0.2) is 58.9 Å². The van der Waals surface area contributed by atoms with E-state index >= 15 is 0 Å². The first-order valence-electron chi connectivity index (χ1n) is 7.12. The Kier molecular flexibility index (Phi) is 9.81. The summed E-state index contributed by atoms with van der Waals surface area (Å²) >= 11 is 0. The zero-order valence-corrected chi connectivity index (χ0v) is 14.3. The molecular weight excluding hydrogens is 296 g/mol. The minimum atomic E-state index is -3.05. The van der Waals surface area contributed by atoms with Gasteiger partial charge < -0.3 is 14.2 Å². The van der Waals surface area contributed by atoms with Gasteiger partial charge in [0, 0.05) is 6.92 Å². The van der Waals surface area contributed by atoms with Crippen molar-refractivity contribution >= 4 is 15.8 Å². The second kappa shape index (κ2) is 10.1. The highest BCUT2D eigenvalue weighted by molar-refractivity contribution is 7.91. The van der Waals surface area contributed by atoms with Crippen LogP contribution in [0.1, 0.15) is 34.1 Å². The maximum atomic E-state index is 11.8. The van der Waals surface area contributed by atoms with Crippen molar-refractivity contribution in [3.05, 3.63) is 0 Å². The SMILES string of the molecule is CC(=O)OCCOCCOCCS(=O)(=O)CCC(C)(C)C. The smallest absolute Gasteiger partial charge is 0.302 e. The Morgan fingerprint density at radius 1 is 0.905 bits per heavy atom. The molecule has 0 aliphatic carbocycles. The number of ether oxygens (including phenoxy) is 3. The second-order valence-electron chi connectivity index (χ2n) is 6.03. The fourth-order valence-corrected chi connectivity index (χ4v) is 2.82. The number of esters is 1. The summed E-state index contributed by atoms with van der Waals surface area (Å²) in [6.45, 7) is 8.79. The van der Waals surface area contributed by atoms with Crippen LogP contribution in [-0.2, 0) is 28.8 Å². The summed E-state index contributed by atoms with van der Waals surface area (Å²) < 4.78 is 38.6. The van der Waals surface area contributed by atoms with Crippen LogP contribution in [0.3, 0.4) is 0 Å². The third-order valence-electron chi connectivity index (χ3n) is 2.61. The molecule has 0 aliphatic rings. The first-order chi connectivity index (χ1) is 9.62. The van der Waals surface area contributed by atoms with Gasteiger partial charge in [0.15, 0.2) is 9.84 Å². The average molecular weight is 324 g/mol. The van der Waals surface area contributed by atoms with Crippen molar-refractivity contribution in [3.8, 4) is 0 Å². The van der Waals surface area contributed by atoms with Crippen LogP contribution in [0.2, 0.25) is 0 Å². The van der Waals surface area contributed by atoms with E-state index in [-0.39, 0.29) is 36.1 Å². The van der Waals surface area contributed by atoms with E-state index in [0.29, 0.717) is 26.2 Å². The van der Waals surface area contributed by atoms with Crippen LogP contribution in [0.15, 0.2) is 0 Å². The van der Waals surface area contributed by atoms with Crippen LogP contribution in [0.5, 0.6) is 0 Å². The molecule has 0 heterocycles. The Hall–Kier alpha value is -0.660. The highest BCUT2D eigenvalue weighted by Crippen LogP contribution is 2.19. The minimum Gasteiger partial charge on any atom is -0.463 e. The van der Waals surface area contributed by atoms with Gasteiger partial charge in [0.05, 0.1) is 37.9 Å². The van der Waals surface area contributed by atoms with Crippen LogP contribution >= 0.6 is 0 Å². The second-order valence-corrected chi connectivity index (χ2v) is 8.33. The predicted molar refractivity (Wildman–Crippen MR) is 81.0 cm³/mol. The number of hydrogen-bond donors (Lipinski definition) is 0. The lowest BCUT2D eigenvalue weighted by molar-refractivity contribution is -0.142. The Morgan fingerprint density at radius 3 is 1.95 bits per heavy atom. The van der Waals surface area contributed by atoms with Crippen molar-refractivity contribution in [2.24, 2.45) is 5.41 Å². The molecule has 0 rings (SSSR count). The van der Waals surface area contributed by atoms with Gasteiger partial charge in [-0.15, -0.1) is 0 Å². The molecule has 6 nitrogen and oxygen atoms in total. The Labute approximate surface area is 128 Å². The van der Waals surface area contributed by atoms with Crippen LogP contribution in [0, 0.1) is 5.41 Å². The third-order valence-corrected chi connectivity index (χ3v) is 4.22. The summed E-state index contributed by atoms with van der Waals surface area (Å²) in [7, 11) is -3.05. The normalized spacial score (nSPS) is 12.4. The van der Waals surface area contributed by atoms with Crippen molar-refractivity contribution in [3.63, 3.8) is 0 Å². The van der Waals surface area contributed by atoms with E-state index < -0.39 is 9.84 Å². The fourth-order valence-electron chi connectivity index (χ4n) is 1.32.